The molecule has 2 aliphatic rings. The smallest absolute Gasteiger partial charge is 0.299 e. The van der Waals surface area contributed by atoms with E-state index in [1.165, 1.54) is 12.0 Å². The van der Waals surface area contributed by atoms with Gasteiger partial charge in [-0.2, -0.15) is 0 Å². The van der Waals surface area contributed by atoms with Crippen LogP contribution in [0.25, 0.3) is 0 Å². The number of carbonyl (C=O) groups is 2. The summed E-state index contributed by atoms with van der Waals surface area (Å²) >= 11 is 0. The number of ketones is 1. The quantitative estimate of drug-likeness (QED) is 0.784. The molecule has 0 aromatic heterocycles. The van der Waals surface area contributed by atoms with E-state index in [1.807, 2.05) is 0 Å². The van der Waals surface area contributed by atoms with Gasteiger partial charge in [0.2, 0.25) is 0 Å². The first-order valence-corrected chi connectivity index (χ1v) is 6.98. The molecule has 1 aromatic carbocycles. The molecule has 1 amide bonds. The van der Waals surface area contributed by atoms with Crippen LogP contribution in [-0.2, 0) is 14.3 Å². The van der Waals surface area contributed by atoms with Crippen molar-refractivity contribution in [2.24, 2.45) is 0 Å². The Hall–Kier alpha value is -1.92. The van der Waals surface area contributed by atoms with Crippen LogP contribution in [0.1, 0.15) is 23.2 Å². The average Bonchev–Trinajstić information content (AvgIpc) is 2.77. The van der Waals surface area contributed by atoms with Gasteiger partial charge < -0.3 is 19.1 Å². The fourth-order valence-electron chi connectivity index (χ4n) is 2.57. The fraction of sp³-hybridized carbons (Fsp3) is 0.467. The molecule has 21 heavy (non-hydrogen) atoms. The van der Waals surface area contributed by atoms with Crippen molar-refractivity contribution in [3.05, 3.63) is 23.8 Å². The number of rotatable bonds is 4. The van der Waals surface area contributed by atoms with E-state index in [2.05, 4.69) is 0 Å². The lowest BCUT2D eigenvalue weighted by Gasteiger charge is -2.25. The second-order valence-corrected chi connectivity index (χ2v) is 4.98. The molecule has 0 radical (unpaired) electrons. The number of carbonyl (C=O) groups excluding carboxylic acids is 2. The van der Waals surface area contributed by atoms with Crippen molar-refractivity contribution in [1.29, 1.82) is 0 Å². The first-order chi connectivity index (χ1) is 10.2. The van der Waals surface area contributed by atoms with E-state index in [1.54, 1.807) is 18.2 Å². The van der Waals surface area contributed by atoms with Crippen molar-refractivity contribution in [3.8, 4) is 5.75 Å². The van der Waals surface area contributed by atoms with Crippen molar-refractivity contribution < 1.29 is 23.8 Å². The molecule has 0 spiro atoms. The minimum Gasteiger partial charge on any atom is -0.497 e. The number of benzene rings is 1. The molecule has 1 saturated heterocycles. The molecule has 2 aliphatic heterocycles. The summed E-state index contributed by atoms with van der Waals surface area (Å²) in [6.45, 7) is 1.74. The van der Waals surface area contributed by atoms with E-state index < -0.39 is 11.7 Å². The van der Waals surface area contributed by atoms with Crippen molar-refractivity contribution in [1.82, 2.24) is 0 Å². The molecular weight excluding hydrogens is 274 g/mol. The maximum Gasteiger partial charge on any atom is 0.299 e. The number of hydrogen-bond donors (Lipinski definition) is 0. The summed E-state index contributed by atoms with van der Waals surface area (Å²) in [5.74, 6) is -0.431. The molecule has 0 aliphatic carbocycles. The molecule has 0 saturated carbocycles. The standard InChI is InChI=1S/C15H17NO5/c1-19-10-3-4-12-11(9-10)14(17)15(18)16(12)6-5-13-20-7-2-8-21-13/h3-4,9,13H,2,5-8H2,1H3. The van der Waals surface area contributed by atoms with Gasteiger partial charge in [-0.25, -0.2) is 0 Å². The predicted octanol–water partition coefficient (Wildman–Crippen LogP) is 1.38. The van der Waals surface area contributed by atoms with Crippen LogP contribution >= 0.6 is 0 Å². The van der Waals surface area contributed by atoms with Crippen molar-refractivity contribution >= 4 is 17.4 Å². The molecule has 0 N–H and O–H groups in total. The highest BCUT2D eigenvalue weighted by atomic mass is 16.7. The first kappa shape index (κ1) is 14.0. The van der Waals surface area contributed by atoms with E-state index >= 15 is 0 Å². The van der Waals surface area contributed by atoms with E-state index in [9.17, 15) is 9.59 Å². The van der Waals surface area contributed by atoms with Crippen LogP contribution in [-0.4, -0.2) is 44.8 Å². The summed E-state index contributed by atoms with van der Waals surface area (Å²) < 4.78 is 16.0. The molecule has 3 rings (SSSR count). The van der Waals surface area contributed by atoms with Crippen LogP contribution in [0.4, 0.5) is 5.69 Å². The van der Waals surface area contributed by atoms with Gasteiger partial charge in [0, 0.05) is 13.0 Å². The van der Waals surface area contributed by atoms with Gasteiger partial charge in [-0.1, -0.05) is 0 Å². The molecule has 2 heterocycles. The summed E-state index contributed by atoms with van der Waals surface area (Å²) in [6, 6.07) is 5.08. The zero-order chi connectivity index (χ0) is 14.8. The number of nitrogens with zero attached hydrogens (tertiary/aromatic N) is 1. The second kappa shape index (κ2) is 5.83. The first-order valence-electron chi connectivity index (χ1n) is 6.98. The number of anilines is 1. The van der Waals surface area contributed by atoms with Crippen molar-refractivity contribution in [3.63, 3.8) is 0 Å². The van der Waals surface area contributed by atoms with Crippen LogP contribution < -0.4 is 9.64 Å². The zero-order valence-corrected chi connectivity index (χ0v) is 11.8. The van der Waals surface area contributed by atoms with Crippen LogP contribution in [0, 0.1) is 0 Å². The maximum atomic E-state index is 12.1. The Labute approximate surface area is 122 Å². The lowest BCUT2D eigenvalue weighted by Crippen LogP contribution is -2.35. The maximum absolute atomic E-state index is 12.1. The lowest BCUT2D eigenvalue weighted by molar-refractivity contribution is -0.179. The van der Waals surface area contributed by atoms with Gasteiger partial charge in [0.1, 0.15) is 5.75 Å². The number of fused-ring (bicyclic) bond motifs is 1. The summed E-state index contributed by atoms with van der Waals surface area (Å²) in [5, 5.41) is 0. The molecule has 1 fully saturated rings. The highest BCUT2D eigenvalue weighted by Gasteiger charge is 2.36. The van der Waals surface area contributed by atoms with Crippen LogP contribution in [0.2, 0.25) is 0 Å². The van der Waals surface area contributed by atoms with E-state index in [0.29, 0.717) is 43.2 Å². The van der Waals surface area contributed by atoms with Crippen molar-refractivity contribution in [2.75, 3.05) is 31.8 Å². The monoisotopic (exact) mass is 291 g/mol. The van der Waals surface area contributed by atoms with Gasteiger partial charge in [-0.05, 0) is 24.6 Å². The van der Waals surface area contributed by atoms with Crippen LogP contribution in [0.3, 0.4) is 0 Å². The summed E-state index contributed by atoms with van der Waals surface area (Å²) in [6.07, 6.45) is 1.13. The average molecular weight is 291 g/mol. The van der Waals surface area contributed by atoms with Gasteiger partial charge in [0.15, 0.2) is 6.29 Å². The molecule has 6 nitrogen and oxygen atoms in total. The Morgan fingerprint density at radius 1 is 1.29 bits per heavy atom. The third-order valence-corrected chi connectivity index (χ3v) is 3.66. The third kappa shape index (κ3) is 2.64. The minimum atomic E-state index is -0.505. The third-order valence-electron chi connectivity index (χ3n) is 3.66. The number of hydrogen-bond acceptors (Lipinski definition) is 5. The molecule has 0 bridgehead atoms. The Morgan fingerprint density at radius 3 is 2.76 bits per heavy atom. The number of amides is 1. The summed E-state index contributed by atoms with van der Waals surface area (Å²) in [5.41, 5.74) is 1.02. The normalized spacial score (nSPS) is 19.0. The number of Topliss-reactive ketones (excluding diaryl/α,β-unsaturated/α-hetero) is 1. The Kier molecular flexibility index (Phi) is 3.90. The van der Waals surface area contributed by atoms with Crippen LogP contribution in [0.15, 0.2) is 18.2 Å². The molecule has 6 heteroatoms. The molecule has 1 aromatic rings. The van der Waals surface area contributed by atoms with Gasteiger partial charge in [0.25, 0.3) is 11.7 Å². The molecule has 112 valence electrons. The summed E-state index contributed by atoms with van der Waals surface area (Å²) in [4.78, 5) is 25.6. The van der Waals surface area contributed by atoms with Crippen molar-refractivity contribution in [2.45, 2.75) is 19.1 Å². The highest BCUT2D eigenvalue weighted by molar-refractivity contribution is 6.52. The topological polar surface area (TPSA) is 65.1 Å². The largest absolute Gasteiger partial charge is 0.497 e. The Bertz CT molecular complexity index is 565. The summed E-state index contributed by atoms with van der Waals surface area (Å²) in [7, 11) is 1.53. The van der Waals surface area contributed by atoms with E-state index in [4.69, 9.17) is 14.2 Å². The number of ether oxygens (including phenoxy) is 3. The second-order valence-electron chi connectivity index (χ2n) is 4.98. The van der Waals surface area contributed by atoms with Gasteiger partial charge in [0.05, 0.1) is 31.6 Å². The van der Waals surface area contributed by atoms with Gasteiger partial charge >= 0.3 is 0 Å². The molecule has 0 unspecified atom stereocenters. The van der Waals surface area contributed by atoms with E-state index in [-0.39, 0.29) is 6.29 Å². The SMILES string of the molecule is COc1ccc2c(c1)C(=O)C(=O)N2CCC1OCCCO1. The Morgan fingerprint density at radius 2 is 2.05 bits per heavy atom. The fourth-order valence-corrected chi connectivity index (χ4v) is 2.57. The highest BCUT2D eigenvalue weighted by Crippen LogP contribution is 2.32. The van der Waals surface area contributed by atoms with Gasteiger partial charge in [-0.3, -0.25) is 9.59 Å². The zero-order valence-electron chi connectivity index (χ0n) is 11.8. The lowest BCUT2D eigenvalue weighted by atomic mass is 10.1. The molecular formula is C15H17NO5. The Balaban J connectivity index is 1.74. The minimum absolute atomic E-state index is 0.302. The van der Waals surface area contributed by atoms with Crippen LogP contribution in [0.5, 0.6) is 5.75 Å². The molecule has 0 atom stereocenters. The van der Waals surface area contributed by atoms with Gasteiger partial charge in [-0.15, -0.1) is 0 Å². The van der Waals surface area contributed by atoms with E-state index in [0.717, 1.165) is 6.42 Å². The number of methoxy groups -OCH3 is 1. The predicted molar refractivity (Wildman–Crippen MR) is 74.6 cm³/mol.